The summed E-state index contributed by atoms with van der Waals surface area (Å²) in [6, 6.07) is 0. The quantitative estimate of drug-likeness (QED) is 0.468. The molecule has 0 saturated carbocycles. The van der Waals surface area contributed by atoms with Crippen LogP contribution in [0.1, 0.15) is 0 Å². The smallest absolute Gasteiger partial charge is 0.336 e. The highest BCUT2D eigenvalue weighted by molar-refractivity contribution is 5.85. The zero-order valence-corrected chi connectivity index (χ0v) is 8.05. The molecule has 13 heavy (non-hydrogen) atoms. The van der Waals surface area contributed by atoms with Crippen molar-refractivity contribution < 1.29 is 14.4 Å². The van der Waals surface area contributed by atoms with Gasteiger partial charge in [0, 0.05) is 13.1 Å². The van der Waals surface area contributed by atoms with Gasteiger partial charge in [-0.25, -0.2) is 4.79 Å². The Kier molecular flexibility index (Phi) is 3.06. The Morgan fingerprint density at radius 2 is 2.08 bits per heavy atom. The highest BCUT2D eigenvalue weighted by atomic mass is 16.4. The third-order valence-corrected chi connectivity index (χ3v) is 2.53. The van der Waals surface area contributed by atoms with Crippen molar-refractivity contribution in [2.24, 2.45) is 0 Å². The molecule has 0 unspecified atom stereocenters. The van der Waals surface area contributed by atoms with Crippen molar-refractivity contribution in [3.05, 3.63) is 12.2 Å². The lowest BCUT2D eigenvalue weighted by Gasteiger charge is -2.37. The molecule has 0 aromatic carbocycles. The van der Waals surface area contributed by atoms with Gasteiger partial charge in [-0.2, -0.15) is 0 Å². The number of nitrogens with zero attached hydrogens (tertiary/aromatic N) is 1. The number of rotatable bonds is 3. The van der Waals surface area contributed by atoms with Gasteiger partial charge in [0.2, 0.25) is 0 Å². The molecular formula is C9H17N2O2+. The Balaban J connectivity index is 2.50. The van der Waals surface area contributed by atoms with Crippen LogP contribution in [0.2, 0.25) is 0 Å². The summed E-state index contributed by atoms with van der Waals surface area (Å²) in [6.07, 6.45) is 0. The molecule has 0 spiro atoms. The summed E-state index contributed by atoms with van der Waals surface area (Å²) in [6.45, 7) is 7.99. The number of carboxylic acids is 1. The fraction of sp³-hybridized carbons (Fsp3) is 0.667. The maximum Gasteiger partial charge on any atom is 0.336 e. The molecule has 2 N–H and O–H groups in total. The molecule has 0 bridgehead atoms. The molecule has 0 radical (unpaired) electrons. The van der Waals surface area contributed by atoms with Gasteiger partial charge < -0.3 is 14.9 Å². The van der Waals surface area contributed by atoms with Crippen LogP contribution >= 0.6 is 0 Å². The van der Waals surface area contributed by atoms with Crippen LogP contribution < -0.4 is 5.32 Å². The van der Waals surface area contributed by atoms with Crippen molar-refractivity contribution in [1.29, 1.82) is 0 Å². The van der Waals surface area contributed by atoms with Crippen LogP contribution in [0.15, 0.2) is 12.2 Å². The normalized spacial score (nSPS) is 21.0. The largest absolute Gasteiger partial charge is 0.478 e. The van der Waals surface area contributed by atoms with Gasteiger partial charge in [0.15, 0.2) is 0 Å². The van der Waals surface area contributed by atoms with Gasteiger partial charge in [0.1, 0.15) is 6.54 Å². The summed E-state index contributed by atoms with van der Waals surface area (Å²) in [7, 11) is 2.08. The minimum absolute atomic E-state index is 0.310. The van der Waals surface area contributed by atoms with Gasteiger partial charge in [-0.15, -0.1) is 0 Å². The molecule has 0 aliphatic carbocycles. The summed E-state index contributed by atoms with van der Waals surface area (Å²) in [5.41, 5.74) is 0.310. The van der Waals surface area contributed by atoms with E-state index in [1.54, 1.807) is 0 Å². The summed E-state index contributed by atoms with van der Waals surface area (Å²) in [4.78, 5) is 10.6. The summed E-state index contributed by atoms with van der Waals surface area (Å²) in [5.74, 6) is -0.877. The predicted molar refractivity (Wildman–Crippen MR) is 50.4 cm³/mol. The molecule has 1 aliphatic rings. The highest BCUT2D eigenvalue weighted by Gasteiger charge is 2.26. The molecule has 1 rings (SSSR count). The van der Waals surface area contributed by atoms with E-state index in [-0.39, 0.29) is 0 Å². The summed E-state index contributed by atoms with van der Waals surface area (Å²) < 4.78 is 0.790. The zero-order chi connectivity index (χ0) is 9.90. The van der Waals surface area contributed by atoms with Gasteiger partial charge in [-0.3, -0.25) is 0 Å². The van der Waals surface area contributed by atoms with Crippen molar-refractivity contribution in [3.63, 3.8) is 0 Å². The zero-order valence-electron chi connectivity index (χ0n) is 8.05. The number of nitrogens with one attached hydrogen (secondary N) is 1. The molecule has 1 fully saturated rings. The Labute approximate surface area is 78.4 Å². The summed E-state index contributed by atoms with van der Waals surface area (Å²) in [5, 5.41) is 12.0. The maximum absolute atomic E-state index is 10.6. The van der Waals surface area contributed by atoms with Gasteiger partial charge in [0.25, 0.3) is 0 Å². The molecular weight excluding hydrogens is 168 g/mol. The van der Waals surface area contributed by atoms with Crippen molar-refractivity contribution in [2.75, 3.05) is 39.8 Å². The first-order chi connectivity index (χ1) is 6.03. The van der Waals surface area contributed by atoms with Crippen molar-refractivity contribution in [3.8, 4) is 0 Å². The fourth-order valence-electron chi connectivity index (χ4n) is 1.62. The van der Waals surface area contributed by atoms with Gasteiger partial charge >= 0.3 is 5.97 Å². The van der Waals surface area contributed by atoms with Gasteiger partial charge in [-0.05, 0) is 0 Å². The van der Waals surface area contributed by atoms with Crippen LogP contribution in [0.25, 0.3) is 0 Å². The van der Waals surface area contributed by atoms with E-state index in [1.807, 2.05) is 0 Å². The van der Waals surface area contributed by atoms with E-state index in [9.17, 15) is 4.79 Å². The average Bonchev–Trinajstić information content (AvgIpc) is 2.04. The Hall–Kier alpha value is -0.870. The first-order valence-electron chi connectivity index (χ1n) is 4.49. The van der Waals surface area contributed by atoms with E-state index < -0.39 is 5.97 Å². The molecule has 1 saturated heterocycles. The predicted octanol–water partition coefficient (Wildman–Crippen LogP) is -0.323. The number of carboxylic acid groups (broad SMARTS) is 1. The standard InChI is InChI=1S/C9H16N2O2/c1-8(9(12)13)7-11(2)5-3-10-4-6-11/h10H,1,3-7H2,2H3/p+1. The van der Waals surface area contributed by atoms with E-state index in [0.717, 1.165) is 30.7 Å². The number of quaternary nitrogens is 1. The van der Waals surface area contributed by atoms with Crippen LogP contribution in [0, 0.1) is 0 Å². The Morgan fingerprint density at radius 3 is 2.54 bits per heavy atom. The summed E-state index contributed by atoms with van der Waals surface area (Å²) >= 11 is 0. The number of carbonyl (C=O) groups is 1. The maximum atomic E-state index is 10.6. The number of hydrogen-bond acceptors (Lipinski definition) is 2. The third-order valence-electron chi connectivity index (χ3n) is 2.53. The van der Waals surface area contributed by atoms with Gasteiger partial charge in [0.05, 0.1) is 25.7 Å². The van der Waals surface area contributed by atoms with Crippen LogP contribution in [-0.4, -0.2) is 55.3 Å². The number of likely N-dealkylation sites (N-methyl/N-ethyl adjacent to an activating group) is 1. The first-order valence-corrected chi connectivity index (χ1v) is 4.49. The van der Waals surface area contributed by atoms with E-state index in [2.05, 4.69) is 18.9 Å². The molecule has 1 heterocycles. The average molecular weight is 185 g/mol. The van der Waals surface area contributed by atoms with Crippen molar-refractivity contribution in [1.82, 2.24) is 5.32 Å². The number of aliphatic carboxylic acids is 1. The highest BCUT2D eigenvalue weighted by Crippen LogP contribution is 2.08. The number of hydrogen-bond donors (Lipinski definition) is 2. The monoisotopic (exact) mass is 185 g/mol. The molecule has 4 heteroatoms. The number of piperazine rings is 1. The van der Waals surface area contributed by atoms with Crippen LogP contribution in [0.4, 0.5) is 0 Å². The molecule has 0 aromatic rings. The lowest BCUT2D eigenvalue weighted by Crippen LogP contribution is -2.57. The molecule has 0 atom stereocenters. The third kappa shape index (κ3) is 2.82. The van der Waals surface area contributed by atoms with Crippen LogP contribution in [-0.2, 0) is 4.79 Å². The minimum Gasteiger partial charge on any atom is -0.478 e. The fourth-order valence-corrected chi connectivity index (χ4v) is 1.62. The second kappa shape index (κ2) is 3.89. The molecule has 4 nitrogen and oxygen atoms in total. The lowest BCUT2D eigenvalue weighted by molar-refractivity contribution is -0.906. The minimum atomic E-state index is -0.877. The molecule has 0 amide bonds. The van der Waals surface area contributed by atoms with E-state index >= 15 is 0 Å². The van der Waals surface area contributed by atoms with Crippen LogP contribution in [0.5, 0.6) is 0 Å². The Morgan fingerprint density at radius 1 is 1.54 bits per heavy atom. The van der Waals surface area contributed by atoms with E-state index in [4.69, 9.17) is 5.11 Å². The van der Waals surface area contributed by atoms with Crippen molar-refractivity contribution in [2.45, 2.75) is 0 Å². The second-order valence-electron chi connectivity index (χ2n) is 3.88. The molecule has 0 aromatic heterocycles. The first kappa shape index (κ1) is 10.2. The van der Waals surface area contributed by atoms with Crippen molar-refractivity contribution >= 4 is 5.97 Å². The lowest BCUT2D eigenvalue weighted by atomic mass is 10.2. The molecule has 1 aliphatic heterocycles. The van der Waals surface area contributed by atoms with Crippen LogP contribution in [0.3, 0.4) is 0 Å². The second-order valence-corrected chi connectivity index (χ2v) is 3.88. The SMILES string of the molecule is C=C(C[N+]1(C)CCNCC1)C(=O)O. The van der Waals surface area contributed by atoms with E-state index in [0.29, 0.717) is 12.1 Å². The van der Waals surface area contributed by atoms with Gasteiger partial charge in [-0.1, -0.05) is 6.58 Å². The molecule has 74 valence electrons. The Bertz CT molecular complexity index is 220. The topological polar surface area (TPSA) is 49.3 Å². The van der Waals surface area contributed by atoms with E-state index in [1.165, 1.54) is 0 Å².